The number of para-hydroxylation sites is 2. The molecule has 0 bridgehead atoms. The van der Waals surface area contributed by atoms with Gasteiger partial charge >= 0.3 is 0 Å². The van der Waals surface area contributed by atoms with Crippen molar-refractivity contribution in [2.45, 2.75) is 64.5 Å². The van der Waals surface area contributed by atoms with Gasteiger partial charge in [-0.15, -0.1) is 34.2 Å². The van der Waals surface area contributed by atoms with Crippen molar-refractivity contribution >= 4 is 35.6 Å². The Morgan fingerprint density at radius 2 is 2.06 bits per heavy atom. The fourth-order valence-corrected chi connectivity index (χ4v) is 4.66. The van der Waals surface area contributed by atoms with Crippen LogP contribution in [0.15, 0.2) is 29.3 Å². The van der Waals surface area contributed by atoms with Crippen LogP contribution in [0.3, 0.4) is 0 Å². The zero-order valence-corrected chi connectivity index (χ0v) is 22.3. The summed E-state index contributed by atoms with van der Waals surface area (Å²) >= 11 is 0. The molecule has 0 radical (unpaired) electrons. The highest BCUT2D eigenvalue weighted by atomic mass is 127. The molecular weight excluding hydrogens is 529 g/mol. The molecule has 9 heteroatoms. The van der Waals surface area contributed by atoms with E-state index in [1.165, 1.54) is 19.3 Å². The molecule has 1 atom stereocenters. The lowest BCUT2D eigenvalue weighted by molar-refractivity contribution is 0.415. The first-order chi connectivity index (χ1) is 15.8. The number of benzene rings is 1. The molecule has 2 N–H and O–H groups in total. The number of aromatic nitrogens is 3. The summed E-state index contributed by atoms with van der Waals surface area (Å²) in [6.07, 6.45) is 7.81. The number of nitrogens with zero attached hydrogens (tertiary/aromatic N) is 5. The zero-order valence-electron chi connectivity index (χ0n) is 19.9. The first-order valence-electron chi connectivity index (χ1n) is 12.1. The topological polar surface area (TPSA) is 79.6 Å². The molecule has 0 amide bonds. The molecule has 33 heavy (non-hydrogen) atoms. The molecular formula is C24H38IN7O. The van der Waals surface area contributed by atoms with Crippen LogP contribution in [0.5, 0.6) is 5.75 Å². The third-order valence-corrected chi connectivity index (χ3v) is 6.31. The second-order valence-electron chi connectivity index (χ2n) is 8.61. The molecule has 1 aromatic carbocycles. The number of aliphatic imine (C=N–C) groups is 1. The van der Waals surface area contributed by atoms with Crippen molar-refractivity contribution in [2.24, 2.45) is 4.99 Å². The minimum Gasteiger partial charge on any atom is -0.495 e. The normalized spacial score (nSPS) is 18.3. The van der Waals surface area contributed by atoms with Gasteiger partial charge in [0.25, 0.3) is 0 Å². The highest BCUT2D eigenvalue weighted by Crippen LogP contribution is 2.30. The molecule has 182 valence electrons. The van der Waals surface area contributed by atoms with E-state index in [9.17, 15) is 0 Å². The van der Waals surface area contributed by atoms with Gasteiger partial charge in [0.2, 0.25) is 0 Å². The molecule has 0 spiro atoms. The van der Waals surface area contributed by atoms with E-state index in [-0.39, 0.29) is 24.0 Å². The molecule has 1 fully saturated rings. The molecule has 2 aliphatic heterocycles. The van der Waals surface area contributed by atoms with Crippen molar-refractivity contribution in [3.8, 4) is 5.75 Å². The molecule has 0 aliphatic carbocycles. The summed E-state index contributed by atoms with van der Waals surface area (Å²) in [6, 6.07) is 8.60. The van der Waals surface area contributed by atoms with Gasteiger partial charge in [-0.3, -0.25) is 4.99 Å². The van der Waals surface area contributed by atoms with Gasteiger partial charge < -0.3 is 24.8 Å². The Morgan fingerprint density at radius 1 is 1.18 bits per heavy atom. The highest BCUT2D eigenvalue weighted by Gasteiger charge is 2.25. The van der Waals surface area contributed by atoms with Gasteiger partial charge in [-0.1, -0.05) is 18.6 Å². The molecule has 1 aromatic heterocycles. The summed E-state index contributed by atoms with van der Waals surface area (Å²) in [7, 11) is 1.73. The average Bonchev–Trinajstić information content (AvgIpc) is 3.36. The summed E-state index contributed by atoms with van der Waals surface area (Å²) in [5.41, 5.74) is 1.16. The Balaban J connectivity index is 0.00000306. The Hall–Kier alpha value is -2.04. The second kappa shape index (κ2) is 13.0. The van der Waals surface area contributed by atoms with Gasteiger partial charge in [0, 0.05) is 51.6 Å². The first-order valence-corrected chi connectivity index (χ1v) is 12.1. The van der Waals surface area contributed by atoms with Gasteiger partial charge in [0.15, 0.2) is 5.96 Å². The minimum atomic E-state index is 0. The van der Waals surface area contributed by atoms with Crippen LogP contribution in [0, 0.1) is 0 Å². The average molecular weight is 568 g/mol. The SMILES string of the molecule is CCNC(=NCCCc1nnc2n1CCCCC2)NC1CCN(c2ccccc2OC)C1.I. The van der Waals surface area contributed by atoms with Crippen LogP contribution in [-0.2, 0) is 19.4 Å². The van der Waals surface area contributed by atoms with Gasteiger partial charge in [0.1, 0.15) is 17.4 Å². The fraction of sp³-hybridized carbons (Fsp3) is 0.625. The molecule has 1 unspecified atom stereocenters. The van der Waals surface area contributed by atoms with Crippen LogP contribution >= 0.6 is 24.0 Å². The predicted molar refractivity (Wildman–Crippen MR) is 144 cm³/mol. The number of aryl methyl sites for hydroxylation is 2. The lowest BCUT2D eigenvalue weighted by Crippen LogP contribution is -2.44. The standard InChI is InChI=1S/C24H37N7O.HI/c1-3-25-24(26-15-9-13-23-29-28-22-12-5-4-8-16-31(22)23)27-19-14-17-30(18-19)20-10-6-7-11-21(20)32-2;/h6-7,10-11,19H,3-5,8-9,12-18H2,1-2H3,(H2,25,26,27);1H. The number of nitrogens with one attached hydrogen (secondary N) is 2. The van der Waals surface area contributed by atoms with Crippen molar-refractivity contribution < 1.29 is 4.74 Å². The summed E-state index contributed by atoms with van der Waals surface area (Å²) < 4.78 is 7.88. The van der Waals surface area contributed by atoms with Crippen LogP contribution in [0.1, 0.15) is 50.7 Å². The van der Waals surface area contributed by atoms with Crippen LogP contribution in [0.2, 0.25) is 0 Å². The molecule has 8 nitrogen and oxygen atoms in total. The number of halogens is 1. The third-order valence-electron chi connectivity index (χ3n) is 6.31. The van der Waals surface area contributed by atoms with Crippen LogP contribution < -0.4 is 20.3 Å². The number of guanidine groups is 1. The van der Waals surface area contributed by atoms with E-state index >= 15 is 0 Å². The minimum absolute atomic E-state index is 0. The van der Waals surface area contributed by atoms with Gasteiger partial charge in [-0.25, -0.2) is 0 Å². The van der Waals surface area contributed by atoms with Crippen LogP contribution in [0.4, 0.5) is 5.69 Å². The van der Waals surface area contributed by atoms with E-state index in [4.69, 9.17) is 9.73 Å². The molecule has 0 saturated carbocycles. The lowest BCUT2D eigenvalue weighted by atomic mass is 10.2. The Morgan fingerprint density at radius 3 is 2.91 bits per heavy atom. The molecule has 2 aromatic rings. The van der Waals surface area contributed by atoms with Crippen molar-refractivity contribution in [2.75, 3.05) is 38.2 Å². The van der Waals surface area contributed by atoms with Gasteiger partial charge in [-0.2, -0.15) is 0 Å². The van der Waals surface area contributed by atoms with Gasteiger partial charge in [0.05, 0.1) is 12.8 Å². The predicted octanol–water partition coefficient (Wildman–Crippen LogP) is 3.40. The van der Waals surface area contributed by atoms with E-state index < -0.39 is 0 Å². The number of ether oxygens (including phenoxy) is 1. The van der Waals surface area contributed by atoms with E-state index in [0.717, 1.165) is 87.5 Å². The first kappa shape index (κ1) is 25.6. The third kappa shape index (κ3) is 6.74. The summed E-state index contributed by atoms with van der Waals surface area (Å²) in [4.78, 5) is 7.22. The molecule has 3 heterocycles. The Labute approximate surface area is 214 Å². The zero-order chi connectivity index (χ0) is 22.2. The van der Waals surface area contributed by atoms with E-state index in [2.05, 4.69) is 49.4 Å². The number of methoxy groups -OCH3 is 1. The quantitative estimate of drug-likeness (QED) is 0.221. The Bertz CT molecular complexity index is 901. The smallest absolute Gasteiger partial charge is 0.191 e. The van der Waals surface area contributed by atoms with Crippen LogP contribution in [0.25, 0.3) is 0 Å². The second-order valence-corrected chi connectivity index (χ2v) is 8.61. The maximum atomic E-state index is 5.54. The number of rotatable bonds is 8. The van der Waals surface area contributed by atoms with Crippen LogP contribution in [-0.4, -0.2) is 60.1 Å². The van der Waals surface area contributed by atoms with Crippen molar-refractivity contribution in [3.63, 3.8) is 0 Å². The van der Waals surface area contributed by atoms with Crippen molar-refractivity contribution in [1.82, 2.24) is 25.4 Å². The number of hydrogen-bond acceptors (Lipinski definition) is 5. The summed E-state index contributed by atoms with van der Waals surface area (Å²) in [5, 5.41) is 15.9. The Kier molecular flexibility index (Phi) is 10.1. The lowest BCUT2D eigenvalue weighted by Gasteiger charge is -2.22. The van der Waals surface area contributed by atoms with E-state index in [0.29, 0.717) is 6.04 Å². The maximum Gasteiger partial charge on any atom is 0.191 e. The van der Waals surface area contributed by atoms with Gasteiger partial charge in [-0.05, 0) is 44.7 Å². The largest absolute Gasteiger partial charge is 0.495 e. The monoisotopic (exact) mass is 567 g/mol. The van der Waals surface area contributed by atoms with E-state index in [1.54, 1.807) is 7.11 Å². The molecule has 2 aliphatic rings. The number of fused-ring (bicyclic) bond motifs is 1. The maximum absolute atomic E-state index is 5.54. The summed E-state index contributed by atoms with van der Waals surface area (Å²) in [5.74, 6) is 4.12. The number of hydrogen-bond donors (Lipinski definition) is 2. The summed E-state index contributed by atoms with van der Waals surface area (Å²) in [6.45, 7) is 6.76. The van der Waals surface area contributed by atoms with E-state index in [1.807, 2.05) is 12.1 Å². The molecule has 4 rings (SSSR count). The molecule has 1 saturated heterocycles. The number of anilines is 1. The highest BCUT2D eigenvalue weighted by molar-refractivity contribution is 14.0. The fourth-order valence-electron chi connectivity index (χ4n) is 4.66. The van der Waals surface area contributed by atoms with Crippen molar-refractivity contribution in [3.05, 3.63) is 35.9 Å². The van der Waals surface area contributed by atoms with Crippen molar-refractivity contribution in [1.29, 1.82) is 0 Å².